The molecule has 0 radical (unpaired) electrons. The minimum absolute atomic E-state index is 0.101. The molecule has 1 saturated heterocycles. The number of nitrogens with zero attached hydrogens (tertiary/aromatic N) is 1. The number of furan rings is 1. The number of alkyl halides is 1. The number of rotatable bonds is 3. The standard InChI is InChI=1S/C21H27ClFN3O4/c1-12-9-13-16(24)15(22)10-14(17(13)29-12)18(27)25-11-21(23)5-7-26(8-6-21)19(28)30-20(2,3)4/h9-10H,5-8,11,24H2,1-4H3,(H,25,27). The molecule has 1 aromatic heterocycles. The molecule has 2 heterocycles. The Labute approximate surface area is 179 Å². The van der Waals surface area contributed by atoms with Crippen LogP contribution in [0.5, 0.6) is 0 Å². The van der Waals surface area contributed by atoms with Crippen LogP contribution < -0.4 is 11.1 Å². The third kappa shape index (κ3) is 4.80. The molecule has 30 heavy (non-hydrogen) atoms. The number of amides is 2. The van der Waals surface area contributed by atoms with Gasteiger partial charge in [-0.05, 0) is 39.8 Å². The zero-order chi connectivity index (χ0) is 22.3. The molecule has 9 heteroatoms. The smallest absolute Gasteiger partial charge is 0.410 e. The summed E-state index contributed by atoms with van der Waals surface area (Å²) in [7, 11) is 0. The number of nitrogens with one attached hydrogen (secondary N) is 1. The minimum atomic E-state index is -1.62. The molecule has 164 valence electrons. The van der Waals surface area contributed by atoms with Gasteiger partial charge in [-0.15, -0.1) is 0 Å². The van der Waals surface area contributed by atoms with Crippen LogP contribution in [0.25, 0.3) is 11.0 Å². The number of nitrogens with two attached hydrogens (primary N) is 1. The van der Waals surface area contributed by atoms with Crippen molar-refractivity contribution in [1.82, 2.24) is 10.2 Å². The molecule has 2 amide bonds. The second-order valence-corrected chi connectivity index (χ2v) is 9.13. The van der Waals surface area contributed by atoms with Crippen molar-refractivity contribution < 1.29 is 23.1 Å². The van der Waals surface area contributed by atoms with Crippen LogP contribution in [0.4, 0.5) is 14.9 Å². The van der Waals surface area contributed by atoms with E-state index in [4.69, 9.17) is 26.5 Å². The third-order valence-electron chi connectivity index (χ3n) is 5.04. The van der Waals surface area contributed by atoms with E-state index in [2.05, 4.69) is 5.32 Å². The molecule has 0 bridgehead atoms. The van der Waals surface area contributed by atoms with E-state index >= 15 is 4.39 Å². The molecule has 3 N–H and O–H groups in total. The molecule has 0 unspecified atom stereocenters. The Bertz CT molecular complexity index is 975. The van der Waals surface area contributed by atoms with Gasteiger partial charge in [-0.25, -0.2) is 9.18 Å². The molecule has 7 nitrogen and oxygen atoms in total. The van der Waals surface area contributed by atoms with Crippen molar-refractivity contribution in [1.29, 1.82) is 0 Å². The Balaban J connectivity index is 1.64. The van der Waals surface area contributed by atoms with Gasteiger partial charge in [-0.1, -0.05) is 11.6 Å². The first kappa shape index (κ1) is 22.2. The number of nitrogen functional groups attached to an aromatic ring is 1. The fourth-order valence-electron chi connectivity index (χ4n) is 3.41. The molecule has 0 spiro atoms. The van der Waals surface area contributed by atoms with Crippen LogP contribution in [0.1, 0.15) is 49.7 Å². The van der Waals surface area contributed by atoms with Gasteiger partial charge in [-0.2, -0.15) is 0 Å². The van der Waals surface area contributed by atoms with Crippen LogP contribution in [0, 0.1) is 6.92 Å². The quantitative estimate of drug-likeness (QED) is 0.688. The zero-order valence-electron chi connectivity index (χ0n) is 17.6. The third-order valence-corrected chi connectivity index (χ3v) is 5.35. The molecule has 1 aliphatic rings. The van der Waals surface area contributed by atoms with Gasteiger partial charge in [0.25, 0.3) is 5.91 Å². The van der Waals surface area contributed by atoms with Gasteiger partial charge in [0.05, 0.1) is 22.8 Å². The maximum atomic E-state index is 15.2. The van der Waals surface area contributed by atoms with Crippen LogP contribution in [-0.2, 0) is 4.74 Å². The summed E-state index contributed by atoms with van der Waals surface area (Å²) in [6, 6.07) is 3.13. The molecule has 1 aliphatic heterocycles. The largest absolute Gasteiger partial charge is 0.460 e. The Hall–Kier alpha value is -2.48. The van der Waals surface area contributed by atoms with E-state index in [0.29, 0.717) is 22.4 Å². The second-order valence-electron chi connectivity index (χ2n) is 8.72. The first-order valence-electron chi connectivity index (χ1n) is 9.82. The number of carbonyl (C=O) groups excluding carboxylic acids is 2. The van der Waals surface area contributed by atoms with E-state index in [0.717, 1.165) is 0 Å². The van der Waals surface area contributed by atoms with Gasteiger partial charge in [0.1, 0.15) is 22.6 Å². The van der Waals surface area contributed by atoms with Crippen molar-refractivity contribution in [3.8, 4) is 0 Å². The summed E-state index contributed by atoms with van der Waals surface area (Å²) in [6.45, 7) is 7.34. The topological polar surface area (TPSA) is 97.8 Å². The van der Waals surface area contributed by atoms with E-state index in [1.165, 1.54) is 11.0 Å². The van der Waals surface area contributed by atoms with Crippen molar-refractivity contribution in [2.75, 3.05) is 25.4 Å². The summed E-state index contributed by atoms with van der Waals surface area (Å²) in [5.41, 5.74) is 4.59. The summed E-state index contributed by atoms with van der Waals surface area (Å²) in [4.78, 5) is 26.3. The van der Waals surface area contributed by atoms with E-state index < -0.39 is 23.3 Å². The molecule has 0 atom stereocenters. The van der Waals surface area contributed by atoms with E-state index in [1.54, 1.807) is 33.8 Å². The van der Waals surface area contributed by atoms with Crippen molar-refractivity contribution in [2.24, 2.45) is 0 Å². The first-order chi connectivity index (χ1) is 13.9. The highest BCUT2D eigenvalue weighted by Crippen LogP contribution is 2.34. The normalized spacial score (nSPS) is 16.5. The predicted molar refractivity (Wildman–Crippen MR) is 114 cm³/mol. The SMILES string of the molecule is Cc1cc2c(N)c(Cl)cc(C(=O)NCC3(F)CCN(C(=O)OC(C)(C)C)CC3)c2o1. The summed E-state index contributed by atoms with van der Waals surface area (Å²) >= 11 is 6.14. The average molecular weight is 440 g/mol. The number of anilines is 1. The fraction of sp³-hybridized carbons (Fsp3) is 0.524. The number of likely N-dealkylation sites (tertiary alicyclic amines) is 1. The number of ether oxygens (including phenoxy) is 1. The van der Waals surface area contributed by atoms with Crippen molar-refractivity contribution in [3.63, 3.8) is 0 Å². The lowest BCUT2D eigenvalue weighted by Gasteiger charge is -2.37. The number of benzene rings is 1. The molecule has 2 aromatic rings. The minimum Gasteiger partial charge on any atom is -0.460 e. The van der Waals surface area contributed by atoms with Crippen LogP contribution in [-0.4, -0.2) is 47.8 Å². The summed E-state index contributed by atoms with van der Waals surface area (Å²) < 4.78 is 26.2. The van der Waals surface area contributed by atoms with Gasteiger partial charge in [-0.3, -0.25) is 4.79 Å². The predicted octanol–water partition coefficient (Wildman–Crippen LogP) is 4.45. The monoisotopic (exact) mass is 439 g/mol. The van der Waals surface area contributed by atoms with Gasteiger partial charge in [0, 0.05) is 31.3 Å². The van der Waals surface area contributed by atoms with Crippen LogP contribution in [0.2, 0.25) is 5.02 Å². The molecular formula is C21H27ClFN3O4. The Morgan fingerprint density at radius 1 is 1.33 bits per heavy atom. The van der Waals surface area contributed by atoms with Gasteiger partial charge >= 0.3 is 6.09 Å². The zero-order valence-corrected chi connectivity index (χ0v) is 18.4. The molecule has 3 rings (SSSR count). The average Bonchev–Trinajstić information content (AvgIpc) is 3.04. The lowest BCUT2D eigenvalue weighted by atomic mass is 9.93. The first-order valence-corrected chi connectivity index (χ1v) is 10.2. The van der Waals surface area contributed by atoms with Crippen molar-refractivity contribution in [3.05, 3.63) is 28.5 Å². The highest BCUT2D eigenvalue weighted by atomic mass is 35.5. The Kier molecular flexibility index (Phi) is 5.91. The fourth-order valence-corrected chi connectivity index (χ4v) is 3.62. The van der Waals surface area contributed by atoms with E-state index in [1.807, 2.05) is 0 Å². The number of aryl methyl sites for hydroxylation is 1. The Morgan fingerprint density at radius 2 is 1.97 bits per heavy atom. The summed E-state index contributed by atoms with van der Waals surface area (Å²) in [5, 5.41) is 3.41. The number of fused-ring (bicyclic) bond motifs is 1. The number of hydrogen-bond donors (Lipinski definition) is 2. The summed E-state index contributed by atoms with van der Waals surface area (Å²) in [5.74, 6) is 0.0901. The molecule has 0 aliphatic carbocycles. The van der Waals surface area contributed by atoms with Gasteiger partial charge in [0.15, 0.2) is 0 Å². The number of piperidine rings is 1. The highest BCUT2D eigenvalue weighted by molar-refractivity contribution is 6.35. The molecule has 1 fully saturated rings. The highest BCUT2D eigenvalue weighted by Gasteiger charge is 2.37. The van der Waals surface area contributed by atoms with Crippen LogP contribution in [0.15, 0.2) is 16.5 Å². The summed E-state index contributed by atoms with van der Waals surface area (Å²) in [6.07, 6.45) is -0.255. The maximum absolute atomic E-state index is 15.2. The molecule has 0 saturated carbocycles. The van der Waals surface area contributed by atoms with Crippen molar-refractivity contribution in [2.45, 2.75) is 51.8 Å². The number of hydrogen-bond acceptors (Lipinski definition) is 5. The van der Waals surface area contributed by atoms with Crippen molar-refractivity contribution >= 4 is 40.3 Å². The molecular weight excluding hydrogens is 413 g/mol. The van der Waals surface area contributed by atoms with E-state index in [-0.39, 0.29) is 43.1 Å². The van der Waals surface area contributed by atoms with Gasteiger partial charge in [0.2, 0.25) is 0 Å². The van der Waals surface area contributed by atoms with E-state index in [9.17, 15) is 9.59 Å². The maximum Gasteiger partial charge on any atom is 0.410 e. The number of carbonyl (C=O) groups is 2. The van der Waals surface area contributed by atoms with Crippen LogP contribution >= 0.6 is 11.6 Å². The Morgan fingerprint density at radius 3 is 2.57 bits per heavy atom. The second kappa shape index (κ2) is 7.98. The lowest BCUT2D eigenvalue weighted by Crippen LogP contribution is -2.50. The van der Waals surface area contributed by atoms with Crippen LogP contribution in [0.3, 0.4) is 0 Å². The lowest BCUT2D eigenvalue weighted by molar-refractivity contribution is 0.00339. The number of halogens is 2. The molecule has 1 aromatic carbocycles. The van der Waals surface area contributed by atoms with Gasteiger partial charge < -0.3 is 25.1 Å².